The maximum atomic E-state index is 14.2. The number of non-ortho nitro benzene ring substituents is 1. The number of ether oxygens (including phenoxy) is 3. The van der Waals surface area contributed by atoms with Gasteiger partial charge in [-0.3, -0.25) is 15.0 Å². The first kappa shape index (κ1) is 31.1. The number of amides is 2. The summed E-state index contributed by atoms with van der Waals surface area (Å²) in [5, 5.41) is 16.5. The third kappa shape index (κ3) is 6.28. The zero-order chi connectivity index (χ0) is 33.0. The van der Waals surface area contributed by atoms with Crippen LogP contribution < -0.4 is 4.90 Å². The van der Waals surface area contributed by atoms with Crippen LogP contribution in [0.2, 0.25) is 0 Å². The number of anilines is 1. The van der Waals surface area contributed by atoms with Crippen LogP contribution in [0, 0.1) is 15.9 Å². The van der Waals surface area contributed by atoms with Crippen molar-refractivity contribution >= 4 is 34.4 Å². The highest BCUT2D eigenvalue weighted by Gasteiger charge is 2.47. The number of fused-ring (bicyclic) bond motifs is 2. The Kier molecular flexibility index (Phi) is 7.77. The van der Waals surface area contributed by atoms with Crippen molar-refractivity contribution in [1.82, 2.24) is 14.7 Å². The second kappa shape index (κ2) is 11.5. The van der Waals surface area contributed by atoms with Crippen molar-refractivity contribution in [3.05, 3.63) is 88.2 Å². The average molecular weight is 632 g/mol. The molecule has 0 unspecified atom stereocenters. The van der Waals surface area contributed by atoms with Crippen molar-refractivity contribution in [2.24, 2.45) is 0 Å². The number of aromatic nitrogens is 2. The first-order valence-corrected chi connectivity index (χ1v) is 14.8. The second-order valence-corrected chi connectivity index (χ2v) is 12.9. The number of rotatable bonds is 5. The quantitative estimate of drug-likeness (QED) is 0.180. The third-order valence-electron chi connectivity index (χ3n) is 7.70. The number of urea groups is 1. The van der Waals surface area contributed by atoms with Crippen molar-refractivity contribution in [3.63, 3.8) is 0 Å². The number of nitro groups is 1. The van der Waals surface area contributed by atoms with E-state index in [-0.39, 0.29) is 31.4 Å². The number of halogens is 1. The lowest BCUT2D eigenvalue weighted by molar-refractivity contribution is -0.384. The van der Waals surface area contributed by atoms with Gasteiger partial charge in [0.15, 0.2) is 5.79 Å². The zero-order valence-electron chi connectivity index (χ0n) is 26.1. The van der Waals surface area contributed by atoms with E-state index in [4.69, 9.17) is 14.2 Å². The summed E-state index contributed by atoms with van der Waals surface area (Å²) in [6, 6.07) is 16.7. The predicted octanol–water partition coefficient (Wildman–Crippen LogP) is 6.50. The van der Waals surface area contributed by atoms with Gasteiger partial charge in [0.25, 0.3) is 5.69 Å². The van der Waals surface area contributed by atoms with E-state index >= 15 is 0 Å². The van der Waals surface area contributed by atoms with Gasteiger partial charge in [-0.2, -0.15) is 9.78 Å². The minimum atomic E-state index is -0.882. The molecule has 0 aliphatic carbocycles. The predicted molar refractivity (Wildman–Crippen MR) is 167 cm³/mol. The van der Waals surface area contributed by atoms with E-state index in [0.717, 1.165) is 4.68 Å². The summed E-state index contributed by atoms with van der Waals surface area (Å²) >= 11 is 0. The van der Waals surface area contributed by atoms with Crippen LogP contribution >= 0.6 is 0 Å². The van der Waals surface area contributed by atoms with Crippen LogP contribution in [0.4, 0.5) is 25.4 Å². The van der Waals surface area contributed by atoms with Gasteiger partial charge in [-0.15, -0.1) is 0 Å². The van der Waals surface area contributed by atoms with Gasteiger partial charge in [0, 0.05) is 35.3 Å². The largest absolute Gasteiger partial charge is 0.442 e. The van der Waals surface area contributed by atoms with Crippen molar-refractivity contribution in [3.8, 4) is 11.3 Å². The summed E-state index contributed by atoms with van der Waals surface area (Å²) in [5.41, 5.74) is 1.64. The number of nitrogens with zero attached hydrogens (tertiary/aromatic N) is 5. The second-order valence-electron chi connectivity index (χ2n) is 12.9. The molecule has 2 aliphatic heterocycles. The number of nitro benzene ring substituents is 1. The monoisotopic (exact) mass is 631 g/mol. The number of hydrogen-bond donors (Lipinski definition) is 0. The Labute approximate surface area is 264 Å². The molecule has 2 amide bonds. The van der Waals surface area contributed by atoms with E-state index in [0.29, 0.717) is 33.4 Å². The molecule has 2 fully saturated rings. The molecule has 0 N–H and O–H groups in total. The van der Waals surface area contributed by atoms with Gasteiger partial charge >= 0.3 is 12.1 Å². The molecule has 46 heavy (non-hydrogen) atoms. The van der Waals surface area contributed by atoms with Crippen molar-refractivity contribution < 1.29 is 33.1 Å². The van der Waals surface area contributed by atoms with Gasteiger partial charge < -0.3 is 19.1 Å². The molecule has 12 nitrogen and oxygen atoms in total. The Morgan fingerprint density at radius 1 is 1.07 bits per heavy atom. The smallest absolute Gasteiger partial charge is 0.435 e. The molecule has 4 aromatic rings. The molecule has 1 aromatic heterocycles. The Morgan fingerprint density at radius 2 is 1.76 bits per heavy atom. The molecule has 3 aromatic carbocycles. The maximum absolute atomic E-state index is 14.2. The highest BCUT2D eigenvalue weighted by atomic mass is 19.1. The highest BCUT2D eigenvalue weighted by molar-refractivity contribution is 6.02. The number of hydrogen-bond acceptors (Lipinski definition) is 8. The first-order chi connectivity index (χ1) is 21.7. The van der Waals surface area contributed by atoms with Gasteiger partial charge in [-0.25, -0.2) is 14.0 Å². The van der Waals surface area contributed by atoms with Crippen LogP contribution in [-0.2, 0) is 20.8 Å². The molecule has 2 saturated heterocycles. The molecule has 0 spiro atoms. The topological polar surface area (TPSA) is 129 Å². The number of carbonyl (C=O) groups excluding carboxylic acids is 2. The number of carbonyl (C=O) groups is 2. The van der Waals surface area contributed by atoms with E-state index < -0.39 is 40.4 Å². The fraction of sp³-hybridized carbons (Fsp3) is 0.364. The standard InChI is InChI=1S/C33H34FN5O7/c1-32(2,3)46-31(41)38-26-14-13-23(16-25(26)29(35-38)21-9-11-22(34)12-10-21)37-19-28-27(44-33(4,5)45-28)18-36(30(37)40)17-20-7-6-8-24(15-20)39(42)43/h6-16,27-28H,17-19H2,1-5H3/t27-,28-/m0/s1. The summed E-state index contributed by atoms with van der Waals surface area (Å²) in [6.45, 7) is 9.34. The normalized spacial score (nSPS) is 19.7. The SMILES string of the molecule is CC(C)(C)OC(=O)n1nc(-c2ccc(F)cc2)c2cc(N3C[C@@H]4OC(C)(C)O[C@H]4CN(Cc4cccc([N+](=O)[O-])c4)C3=O)ccc21. The lowest BCUT2D eigenvalue weighted by Crippen LogP contribution is -2.43. The van der Waals surface area contributed by atoms with Crippen LogP contribution in [-0.4, -0.2) is 68.4 Å². The van der Waals surface area contributed by atoms with Crippen LogP contribution in [0.3, 0.4) is 0 Å². The van der Waals surface area contributed by atoms with Crippen LogP contribution in [0.5, 0.6) is 0 Å². The van der Waals surface area contributed by atoms with E-state index in [1.165, 1.54) is 24.3 Å². The zero-order valence-corrected chi connectivity index (χ0v) is 26.1. The van der Waals surface area contributed by atoms with E-state index in [2.05, 4.69) is 5.10 Å². The molecule has 240 valence electrons. The first-order valence-electron chi connectivity index (χ1n) is 14.8. The van der Waals surface area contributed by atoms with Crippen molar-refractivity contribution in [2.45, 2.75) is 64.8 Å². The lowest BCUT2D eigenvalue weighted by Gasteiger charge is -2.30. The van der Waals surface area contributed by atoms with Crippen molar-refractivity contribution in [2.75, 3.05) is 18.0 Å². The van der Waals surface area contributed by atoms with Gasteiger partial charge in [0.2, 0.25) is 0 Å². The van der Waals surface area contributed by atoms with E-state index in [9.17, 15) is 24.1 Å². The summed E-state index contributed by atoms with van der Waals surface area (Å²) in [7, 11) is 0. The molecule has 0 saturated carbocycles. The minimum absolute atomic E-state index is 0.0724. The summed E-state index contributed by atoms with van der Waals surface area (Å²) in [4.78, 5) is 41.5. The van der Waals surface area contributed by atoms with Crippen molar-refractivity contribution in [1.29, 1.82) is 0 Å². The van der Waals surface area contributed by atoms with Crippen LogP contribution in [0.1, 0.15) is 40.2 Å². The summed E-state index contributed by atoms with van der Waals surface area (Å²) < 4.78 is 33.0. The molecular weight excluding hydrogens is 597 g/mol. The Hall–Kier alpha value is -4.88. The Balaban J connectivity index is 1.43. The fourth-order valence-corrected chi connectivity index (χ4v) is 5.82. The van der Waals surface area contributed by atoms with Gasteiger partial charge in [-0.05, 0) is 82.6 Å². The van der Waals surface area contributed by atoms with E-state index in [1.54, 1.807) is 73.0 Å². The van der Waals surface area contributed by atoms with Gasteiger partial charge in [0.1, 0.15) is 29.3 Å². The summed E-state index contributed by atoms with van der Waals surface area (Å²) in [6.07, 6.45) is -1.60. The molecule has 0 bridgehead atoms. The average Bonchev–Trinajstić information content (AvgIpc) is 3.47. The lowest BCUT2D eigenvalue weighted by atomic mass is 10.1. The maximum Gasteiger partial charge on any atom is 0.435 e. The number of benzene rings is 3. The molecule has 0 radical (unpaired) electrons. The third-order valence-corrected chi connectivity index (χ3v) is 7.70. The molecule has 6 rings (SSSR count). The van der Waals surface area contributed by atoms with Crippen LogP contribution in [0.25, 0.3) is 22.2 Å². The Morgan fingerprint density at radius 3 is 2.43 bits per heavy atom. The van der Waals surface area contributed by atoms with E-state index in [1.807, 2.05) is 13.8 Å². The van der Waals surface area contributed by atoms with Crippen LogP contribution in [0.15, 0.2) is 66.7 Å². The van der Waals surface area contributed by atoms with Gasteiger partial charge in [-0.1, -0.05) is 12.1 Å². The molecule has 13 heteroatoms. The van der Waals surface area contributed by atoms with Gasteiger partial charge in [0.05, 0.1) is 23.5 Å². The molecule has 2 atom stereocenters. The molecular formula is C33H34FN5O7. The highest BCUT2D eigenvalue weighted by Crippen LogP contribution is 2.36. The Bertz CT molecular complexity index is 1830. The minimum Gasteiger partial charge on any atom is -0.442 e. The summed E-state index contributed by atoms with van der Waals surface area (Å²) in [5.74, 6) is -1.30. The molecule has 2 aliphatic rings. The molecule has 3 heterocycles. The fourth-order valence-electron chi connectivity index (χ4n) is 5.82.